The van der Waals surface area contributed by atoms with Crippen LogP contribution in [0.2, 0.25) is 0 Å². The lowest BCUT2D eigenvalue weighted by Gasteiger charge is -2.09. The average Bonchev–Trinajstić information content (AvgIpc) is 2.60. The lowest BCUT2D eigenvalue weighted by atomic mass is 10.2. The van der Waals surface area contributed by atoms with Gasteiger partial charge in [0.25, 0.3) is 0 Å². The number of nitrogens with two attached hydrogens (primary N) is 1. The lowest BCUT2D eigenvalue weighted by Crippen LogP contribution is -2.03. The molecule has 0 unspecified atom stereocenters. The molecule has 3 nitrogen and oxygen atoms in total. The van der Waals surface area contributed by atoms with E-state index in [0.717, 1.165) is 21.4 Å². The van der Waals surface area contributed by atoms with Gasteiger partial charge in [0.2, 0.25) is 0 Å². The molecule has 2 aromatic rings. The fourth-order valence-corrected chi connectivity index (χ4v) is 2.22. The Hall–Kier alpha value is -1.13. The van der Waals surface area contributed by atoms with Gasteiger partial charge in [0, 0.05) is 22.3 Å². The minimum absolute atomic E-state index is 0.529. The minimum Gasteiger partial charge on any atom is -0.326 e. The van der Waals surface area contributed by atoms with Crippen LogP contribution in [0.25, 0.3) is 5.69 Å². The van der Waals surface area contributed by atoms with E-state index in [0.29, 0.717) is 6.54 Å². The molecule has 0 atom stereocenters. The Kier molecular flexibility index (Phi) is 3.12. The van der Waals surface area contributed by atoms with E-state index in [4.69, 9.17) is 5.73 Å². The number of aromatic nitrogens is 2. The van der Waals surface area contributed by atoms with Gasteiger partial charge in [0.15, 0.2) is 0 Å². The van der Waals surface area contributed by atoms with Gasteiger partial charge in [-0.25, -0.2) is 4.68 Å². The largest absolute Gasteiger partial charge is 0.326 e. The highest BCUT2D eigenvalue weighted by molar-refractivity contribution is 9.10. The van der Waals surface area contributed by atoms with Crippen molar-refractivity contribution in [2.24, 2.45) is 5.73 Å². The Balaban J connectivity index is 2.54. The van der Waals surface area contributed by atoms with Crippen LogP contribution < -0.4 is 5.73 Å². The number of benzene rings is 1. The molecule has 0 bridgehead atoms. The molecule has 0 radical (unpaired) electrons. The summed E-state index contributed by atoms with van der Waals surface area (Å²) in [7, 11) is 0. The van der Waals surface area contributed by atoms with Crippen molar-refractivity contribution in [3.63, 3.8) is 0 Å². The molecule has 0 fully saturated rings. The summed E-state index contributed by atoms with van der Waals surface area (Å²) in [6.45, 7) is 4.64. The first-order valence-corrected chi connectivity index (χ1v) is 5.93. The summed E-state index contributed by atoms with van der Waals surface area (Å²) in [5.41, 5.74) is 10.1. The van der Waals surface area contributed by atoms with E-state index in [-0.39, 0.29) is 0 Å². The van der Waals surface area contributed by atoms with Gasteiger partial charge in [0.05, 0.1) is 11.9 Å². The fraction of sp³-hybridized carbons (Fsp3) is 0.250. The molecule has 16 heavy (non-hydrogen) atoms. The van der Waals surface area contributed by atoms with Gasteiger partial charge >= 0.3 is 0 Å². The van der Waals surface area contributed by atoms with Gasteiger partial charge in [-0.05, 0) is 37.6 Å². The van der Waals surface area contributed by atoms with Crippen LogP contribution in [0, 0.1) is 13.8 Å². The van der Waals surface area contributed by atoms with E-state index >= 15 is 0 Å². The van der Waals surface area contributed by atoms with Crippen LogP contribution >= 0.6 is 15.9 Å². The van der Waals surface area contributed by atoms with Crippen molar-refractivity contribution >= 4 is 15.9 Å². The molecule has 84 valence electrons. The second kappa shape index (κ2) is 4.39. The third-order valence-electron chi connectivity index (χ3n) is 2.72. The molecule has 2 N–H and O–H groups in total. The Morgan fingerprint density at radius 2 is 2.12 bits per heavy atom. The molecule has 4 heteroatoms. The average molecular weight is 280 g/mol. The van der Waals surface area contributed by atoms with Crippen molar-refractivity contribution in [1.29, 1.82) is 0 Å². The van der Waals surface area contributed by atoms with Crippen LogP contribution in [0.1, 0.15) is 16.8 Å². The van der Waals surface area contributed by atoms with Crippen molar-refractivity contribution < 1.29 is 0 Å². The quantitative estimate of drug-likeness (QED) is 0.919. The summed E-state index contributed by atoms with van der Waals surface area (Å²) >= 11 is 3.46. The molecule has 2 rings (SSSR count). The second-order valence-corrected chi connectivity index (χ2v) is 4.72. The van der Waals surface area contributed by atoms with E-state index < -0.39 is 0 Å². The molecule has 0 spiro atoms. The van der Waals surface area contributed by atoms with Crippen LogP contribution in [0.3, 0.4) is 0 Å². The lowest BCUT2D eigenvalue weighted by molar-refractivity contribution is 0.836. The van der Waals surface area contributed by atoms with Crippen LogP contribution in [-0.2, 0) is 6.54 Å². The van der Waals surface area contributed by atoms with Crippen molar-refractivity contribution in [3.8, 4) is 5.69 Å². The van der Waals surface area contributed by atoms with Crippen molar-refractivity contribution in [1.82, 2.24) is 9.78 Å². The zero-order valence-corrected chi connectivity index (χ0v) is 11.0. The Bertz CT molecular complexity index is 517. The number of hydrogen-bond acceptors (Lipinski definition) is 2. The number of nitrogens with zero attached hydrogens (tertiary/aromatic N) is 2. The predicted octanol–water partition coefficient (Wildman–Crippen LogP) is 2.71. The van der Waals surface area contributed by atoms with Crippen molar-refractivity contribution in [3.05, 3.63) is 45.7 Å². The molecule has 0 aliphatic rings. The molecule has 0 saturated heterocycles. The number of rotatable bonds is 2. The van der Waals surface area contributed by atoms with Gasteiger partial charge in [-0.15, -0.1) is 0 Å². The highest BCUT2D eigenvalue weighted by atomic mass is 79.9. The SMILES string of the molecule is Cc1cc(Br)ccc1-n1ncc(CN)c1C. The van der Waals surface area contributed by atoms with Gasteiger partial charge in [-0.3, -0.25) is 0 Å². The highest BCUT2D eigenvalue weighted by Crippen LogP contribution is 2.21. The molecule has 1 aromatic heterocycles. The van der Waals surface area contributed by atoms with Crippen LogP contribution in [0.4, 0.5) is 0 Å². The van der Waals surface area contributed by atoms with E-state index in [2.05, 4.69) is 40.1 Å². The summed E-state index contributed by atoms with van der Waals surface area (Å²) in [6.07, 6.45) is 1.83. The first-order chi connectivity index (χ1) is 7.63. The smallest absolute Gasteiger partial charge is 0.0678 e. The van der Waals surface area contributed by atoms with Crippen LogP contribution in [0.5, 0.6) is 0 Å². The molecule has 0 amide bonds. The monoisotopic (exact) mass is 279 g/mol. The minimum atomic E-state index is 0.529. The number of hydrogen-bond donors (Lipinski definition) is 1. The summed E-state index contributed by atoms with van der Waals surface area (Å²) in [5.74, 6) is 0. The Morgan fingerprint density at radius 1 is 1.38 bits per heavy atom. The summed E-state index contributed by atoms with van der Waals surface area (Å²) in [4.78, 5) is 0. The normalized spacial score (nSPS) is 10.8. The van der Waals surface area contributed by atoms with Crippen LogP contribution in [-0.4, -0.2) is 9.78 Å². The topological polar surface area (TPSA) is 43.8 Å². The maximum absolute atomic E-state index is 5.64. The fourth-order valence-electron chi connectivity index (χ4n) is 1.74. The maximum Gasteiger partial charge on any atom is 0.0678 e. The van der Waals surface area contributed by atoms with E-state index in [9.17, 15) is 0 Å². The number of halogens is 1. The Morgan fingerprint density at radius 3 is 2.69 bits per heavy atom. The molecule has 0 aliphatic heterocycles. The second-order valence-electron chi connectivity index (χ2n) is 3.80. The molecule has 0 aliphatic carbocycles. The highest BCUT2D eigenvalue weighted by Gasteiger charge is 2.08. The predicted molar refractivity (Wildman–Crippen MR) is 68.6 cm³/mol. The molecular formula is C12H14BrN3. The summed E-state index contributed by atoms with van der Waals surface area (Å²) < 4.78 is 3.02. The van der Waals surface area contributed by atoms with Gasteiger partial charge < -0.3 is 5.73 Å². The van der Waals surface area contributed by atoms with Crippen LogP contribution in [0.15, 0.2) is 28.9 Å². The van der Waals surface area contributed by atoms with Gasteiger partial charge in [-0.2, -0.15) is 5.10 Å². The van der Waals surface area contributed by atoms with Crippen molar-refractivity contribution in [2.45, 2.75) is 20.4 Å². The zero-order chi connectivity index (χ0) is 11.7. The third kappa shape index (κ3) is 1.90. The molecule has 1 heterocycles. The first-order valence-electron chi connectivity index (χ1n) is 5.13. The summed E-state index contributed by atoms with van der Waals surface area (Å²) in [6, 6.07) is 6.16. The van der Waals surface area contributed by atoms with E-state index in [1.165, 1.54) is 5.56 Å². The third-order valence-corrected chi connectivity index (χ3v) is 3.21. The van der Waals surface area contributed by atoms with Gasteiger partial charge in [0.1, 0.15) is 0 Å². The van der Waals surface area contributed by atoms with Gasteiger partial charge in [-0.1, -0.05) is 15.9 Å². The standard InChI is InChI=1S/C12H14BrN3/c1-8-5-11(13)3-4-12(8)16-9(2)10(6-14)7-15-16/h3-5,7H,6,14H2,1-2H3. The van der Waals surface area contributed by atoms with E-state index in [1.54, 1.807) is 0 Å². The number of aryl methyl sites for hydroxylation is 1. The Labute approximate surface area is 103 Å². The zero-order valence-electron chi connectivity index (χ0n) is 9.37. The molecule has 1 aromatic carbocycles. The molecule has 0 saturated carbocycles. The van der Waals surface area contributed by atoms with E-state index in [1.807, 2.05) is 23.9 Å². The van der Waals surface area contributed by atoms with Crippen molar-refractivity contribution in [2.75, 3.05) is 0 Å². The first kappa shape index (κ1) is 11.4. The molecular weight excluding hydrogens is 266 g/mol. The summed E-state index contributed by atoms with van der Waals surface area (Å²) in [5, 5.41) is 4.37. The maximum atomic E-state index is 5.64.